The molecule has 0 bridgehead atoms. The monoisotopic (exact) mass is 364 g/mol. The molecular weight excluding hydrogens is 352 g/mol. The third-order valence-electron chi connectivity index (χ3n) is 3.98. The molecule has 0 N–H and O–H groups in total. The first-order valence-electron chi connectivity index (χ1n) is 7.93. The molecule has 0 aliphatic heterocycles. The zero-order chi connectivity index (χ0) is 17.9. The predicted molar refractivity (Wildman–Crippen MR) is 98.4 cm³/mol. The van der Waals surface area contributed by atoms with Crippen molar-refractivity contribution in [2.24, 2.45) is 0 Å². The number of hydrogen-bond donors (Lipinski definition) is 0. The molecule has 0 unspecified atom stereocenters. The van der Waals surface area contributed by atoms with Crippen molar-refractivity contribution in [3.05, 3.63) is 77.1 Å². The van der Waals surface area contributed by atoms with Crippen LogP contribution in [-0.2, 0) is 6.61 Å². The highest BCUT2D eigenvalue weighted by atomic mass is 35.5. The van der Waals surface area contributed by atoms with Gasteiger partial charge in [0.05, 0.1) is 16.1 Å². The van der Waals surface area contributed by atoms with Crippen molar-refractivity contribution >= 4 is 28.7 Å². The Bertz CT molecular complexity index is 1090. The van der Waals surface area contributed by atoms with Crippen LogP contribution in [0.5, 0.6) is 5.75 Å². The second-order valence-corrected chi connectivity index (χ2v) is 6.01. The number of aromatic nitrogens is 2. The molecule has 5 nitrogen and oxygen atoms in total. The van der Waals surface area contributed by atoms with E-state index in [0.717, 1.165) is 17.1 Å². The van der Waals surface area contributed by atoms with Gasteiger partial charge in [0.1, 0.15) is 5.75 Å². The van der Waals surface area contributed by atoms with E-state index in [1.54, 1.807) is 18.2 Å². The third kappa shape index (κ3) is 3.05. The minimum Gasteiger partial charge on any atom is -0.485 e. The van der Waals surface area contributed by atoms with E-state index < -0.39 is 0 Å². The number of ether oxygens (including phenoxy) is 1. The second-order valence-electron chi connectivity index (χ2n) is 5.60. The Kier molecular flexibility index (Phi) is 4.37. The summed E-state index contributed by atoms with van der Waals surface area (Å²) in [7, 11) is 0. The van der Waals surface area contributed by atoms with Gasteiger partial charge in [0.2, 0.25) is 5.82 Å². The lowest BCUT2D eigenvalue weighted by molar-refractivity contribution is 0.112. The first kappa shape index (κ1) is 16.3. The molecule has 4 rings (SSSR count). The summed E-state index contributed by atoms with van der Waals surface area (Å²) >= 11 is 6.14. The maximum Gasteiger partial charge on any atom is 0.259 e. The van der Waals surface area contributed by atoms with E-state index in [4.69, 9.17) is 20.9 Å². The van der Waals surface area contributed by atoms with E-state index in [-0.39, 0.29) is 6.61 Å². The van der Waals surface area contributed by atoms with E-state index in [1.807, 2.05) is 42.5 Å². The van der Waals surface area contributed by atoms with Gasteiger partial charge in [-0.2, -0.15) is 4.98 Å². The highest BCUT2D eigenvalue weighted by molar-refractivity contribution is 6.33. The standard InChI is InChI=1S/C20H13ClN2O3/c21-17-8-4-3-7-15(17)20-22-19(23-26-20)12-25-18-10-9-13-5-1-2-6-14(13)16(18)11-24/h1-11H,12H2. The van der Waals surface area contributed by atoms with Crippen LogP contribution in [-0.4, -0.2) is 16.4 Å². The second kappa shape index (κ2) is 6.98. The highest BCUT2D eigenvalue weighted by Gasteiger charge is 2.13. The van der Waals surface area contributed by atoms with Crippen molar-refractivity contribution in [2.75, 3.05) is 0 Å². The fourth-order valence-electron chi connectivity index (χ4n) is 2.72. The molecule has 0 radical (unpaired) electrons. The summed E-state index contributed by atoms with van der Waals surface area (Å²) in [5.41, 5.74) is 1.16. The molecule has 0 aliphatic carbocycles. The zero-order valence-corrected chi connectivity index (χ0v) is 14.3. The minimum atomic E-state index is 0.0765. The van der Waals surface area contributed by atoms with Gasteiger partial charge >= 0.3 is 0 Å². The van der Waals surface area contributed by atoms with Gasteiger partial charge < -0.3 is 9.26 Å². The SMILES string of the molecule is O=Cc1c(OCc2noc(-c3ccccc3Cl)n2)ccc2ccccc12. The van der Waals surface area contributed by atoms with Gasteiger partial charge in [-0.15, -0.1) is 0 Å². The molecule has 6 heteroatoms. The van der Waals surface area contributed by atoms with Crippen LogP contribution in [0.1, 0.15) is 16.2 Å². The maximum absolute atomic E-state index is 11.5. The van der Waals surface area contributed by atoms with Crippen LogP contribution in [0.2, 0.25) is 5.02 Å². The first-order valence-corrected chi connectivity index (χ1v) is 8.31. The third-order valence-corrected chi connectivity index (χ3v) is 4.31. The number of hydrogen-bond acceptors (Lipinski definition) is 5. The van der Waals surface area contributed by atoms with E-state index in [1.165, 1.54) is 0 Å². The summed E-state index contributed by atoms with van der Waals surface area (Å²) in [6.07, 6.45) is 0.795. The minimum absolute atomic E-state index is 0.0765. The topological polar surface area (TPSA) is 65.2 Å². The van der Waals surface area contributed by atoms with Crippen LogP contribution in [0.3, 0.4) is 0 Å². The molecule has 1 heterocycles. The molecule has 26 heavy (non-hydrogen) atoms. The maximum atomic E-state index is 11.5. The summed E-state index contributed by atoms with van der Waals surface area (Å²) in [6, 6.07) is 18.5. The molecular formula is C20H13ClN2O3. The summed E-state index contributed by atoms with van der Waals surface area (Å²) < 4.78 is 11.0. The largest absolute Gasteiger partial charge is 0.485 e. The van der Waals surface area contributed by atoms with Crippen LogP contribution < -0.4 is 4.74 Å². The Labute approximate surface area is 154 Å². The summed E-state index contributed by atoms with van der Waals surface area (Å²) in [4.78, 5) is 15.8. The lowest BCUT2D eigenvalue weighted by atomic mass is 10.0. The number of fused-ring (bicyclic) bond motifs is 1. The van der Waals surface area contributed by atoms with Crippen molar-refractivity contribution in [2.45, 2.75) is 6.61 Å². The van der Waals surface area contributed by atoms with Crippen LogP contribution >= 0.6 is 11.6 Å². The van der Waals surface area contributed by atoms with Crippen LogP contribution in [0.4, 0.5) is 0 Å². The van der Waals surface area contributed by atoms with Gasteiger partial charge in [-0.25, -0.2) is 0 Å². The van der Waals surface area contributed by atoms with Gasteiger partial charge in [0, 0.05) is 0 Å². The van der Waals surface area contributed by atoms with Crippen molar-refractivity contribution < 1.29 is 14.1 Å². The Morgan fingerprint density at radius 3 is 2.69 bits per heavy atom. The molecule has 0 aliphatic rings. The number of nitrogens with zero attached hydrogens (tertiary/aromatic N) is 2. The van der Waals surface area contributed by atoms with Crippen molar-refractivity contribution in [1.29, 1.82) is 0 Å². The molecule has 128 valence electrons. The van der Waals surface area contributed by atoms with E-state index in [0.29, 0.717) is 33.6 Å². The van der Waals surface area contributed by atoms with Crippen LogP contribution in [0.15, 0.2) is 65.2 Å². The quantitative estimate of drug-likeness (QED) is 0.469. The Morgan fingerprint density at radius 2 is 1.85 bits per heavy atom. The number of carbonyl (C=O) groups excluding carboxylic acids is 1. The van der Waals surface area contributed by atoms with Crippen molar-refractivity contribution in [3.63, 3.8) is 0 Å². The van der Waals surface area contributed by atoms with Crippen LogP contribution in [0, 0.1) is 0 Å². The number of benzene rings is 3. The molecule has 0 saturated heterocycles. The van der Waals surface area contributed by atoms with Crippen molar-refractivity contribution in [1.82, 2.24) is 10.1 Å². The van der Waals surface area contributed by atoms with Crippen molar-refractivity contribution in [3.8, 4) is 17.2 Å². The molecule has 0 fully saturated rings. The van der Waals surface area contributed by atoms with Gasteiger partial charge in [0.15, 0.2) is 12.9 Å². The number of halogens is 1. The molecule has 3 aromatic carbocycles. The fourth-order valence-corrected chi connectivity index (χ4v) is 2.94. The summed E-state index contributed by atoms with van der Waals surface area (Å²) in [5.74, 6) is 1.16. The van der Waals surface area contributed by atoms with E-state index in [2.05, 4.69) is 10.1 Å². The Morgan fingerprint density at radius 1 is 1.04 bits per heavy atom. The number of carbonyl (C=O) groups is 1. The van der Waals surface area contributed by atoms with Gasteiger partial charge in [-0.1, -0.05) is 59.2 Å². The number of aldehydes is 1. The van der Waals surface area contributed by atoms with Crippen LogP contribution in [0.25, 0.3) is 22.2 Å². The lowest BCUT2D eigenvalue weighted by Crippen LogP contribution is -2.00. The molecule has 4 aromatic rings. The molecule has 0 amide bonds. The van der Waals surface area contributed by atoms with Gasteiger partial charge in [-0.05, 0) is 29.0 Å². The smallest absolute Gasteiger partial charge is 0.259 e. The molecule has 1 aromatic heterocycles. The average molecular weight is 365 g/mol. The molecule has 0 saturated carbocycles. The van der Waals surface area contributed by atoms with Gasteiger partial charge in [0.25, 0.3) is 5.89 Å². The number of rotatable bonds is 5. The molecule has 0 atom stereocenters. The van der Waals surface area contributed by atoms with E-state index >= 15 is 0 Å². The normalized spacial score (nSPS) is 10.8. The summed E-state index contributed by atoms with van der Waals surface area (Å²) in [5, 5.41) is 6.25. The first-order chi connectivity index (χ1) is 12.8. The van der Waals surface area contributed by atoms with Gasteiger partial charge in [-0.3, -0.25) is 4.79 Å². The van der Waals surface area contributed by atoms with E-state index in [9.17, 15) is 4.79 Å². The molecule has 0 spiro atoms. The summed E-state index contributed by atoms with van der Waals surface area (Å²) in [6.45, 7) is 0.0765. The predicted octanol–water partition coefficient (Wildman–Crippen LogP) is 4.93. The zero-order valence-electron chi connectivity index (χ0n) is 13.6. The Hall–Kier alpha value is -3.18. The fraction of sp³-hybridized carbons (Fsp3) is 0.0500. The lowest BCUT2D eigenvalue weighted by Gasteiger charge is -2.09. The Balaban J connectivity index is 1.58. The average Bonchev–Trinajstić information content (AvgIpc) is 3.15. The highest BCUT2D eigenvalue weighted by Crippen LogP contribution is 2.28.